The molecular weight excluding hydrogens is 419 g/mol. The van der Waals surface area contributed by atoms with Crippen LogP contribution >= 0.6 is 23.2 Å². The number of halogens is 2. The Morgan fingerprint density at radius 1 is 0.967 bits per heavy atom. The minimum atomic E-state index is -0.318. The van der Waals surface area contributed by atoms with Crippen LogP contribution < -0.4 is 5.32 Å². The van der Waals surface area contributed by atoms with Gasteiger partial charge in [0.25, 0.3) is 5.91 Å². The van der Waals surface area contributed by atoms with E-state index in [1.54, 1.807) is 24.3 Å². The van der Waals surface area contributed by atoms with Crippen LogP contribution in [0.25, 0.3) is 11.4 Å². The third kappa shape index (κ3) is 4.53. The van der Waals surface area contributed by atoms with Gasteiger partial charge in [-0.05, 0) is 42.8 Å². The van der Waals surface area contributed by atoms with Crippen molar-refractivity contribution in [2.24, 2.45) is 0 Å². The molecule has 0 atom stereocenters. The number of nitrogens with zero attached hydrogens (tertiary/aromatic N) is 3. The average Bonchev–Trinajstić information content (AvgIpc) is 3.17. The van der Waals surface area contributed by atoms with Crippen LogP contribution in [0.15, 0.2) is 72.8 Å². The molecule has 3 aromatic carbocycles. The van der Waals surface area contributed by atoms with Crippen LogP contribution in [0.2, 0.25) is 10.0 Å². The Bertz CT molecular complexity index is 1180. The summed E-state index contributed by atoms with van der Waals surface area (Å²) in [7, 11) is 0. The van der Waals surface area contributed by atoms with E-state index in [-0.39, 0.29) is 5.91 Å². The number of rotatable bonds is 5. The predicted molar refractivity (Wildman–Crippen MR) is 120 cm³/mol. The summed E-state index contributed by atoms with van der Waals surface area (Å²) in [6, 6.07) is 22.0. The van der Waals surface area contributed by atoms with Gasteiger partial charge in [-0.25, -0.2) is 0 Å². The van der Waals surface area contributed by atoms with E-state index in [4.69, 9.17) is 23.2 Å². The number of nitrogens with one attached hydrogen (secondary N) is 1. The lowest BCUT2D eigenvalue weighted by Gasteiger charge is -2.08. The van der Waals surface area contributed by atoms with E-state index in [1.165, 1.54) is 4.68 Å². The van der Waals surface area contributed by atoms with Gasteiger partial charge in [-0.1, -0.05) is 71.2 Å². The molecule has 4 rings (SSSR count). The summed E-state index contributed by atoms with van der Waals surface area (Å²) in [6.07, 6.45) is 0. The molecule has 0 bridgehead atoms. The lowest BCUT2D eigenvalue weighted by Crippen LogP contribution is -2.17. The Hall–Kier alpha value is -3.15. The zero-order valence-electron chi connectivity index (χ0n) is 16.1. The molecule has 0 unspecified atom stereocenters. The Morgan fingerprint density at radius 3 is 2.40 bits per heavy atom. The lowest BCUT2D eigenvalue weighted by atomic mass is 10.1. The maximum Gasteiger partial charge on any atom is 0.281 e. The number of benzene rings is 3. The molecule has 0 aliphatic heterocycles. The van der Waals surface area contributed by atoms with E-state index in [0.717, 1.165) is 16.7 Å². The van der Waals surface area contributed by atoms with Gasteiger partial charge in [-0.15, -0.1) is 5.10 Å². The highest BCUT2D eigenvalue weighted by Gasteiger charge is 2.19. The predicted octanol–water partition coefficient (Wildman–Crippen LogP) is 5.86. The SMILES string of the molecule is Cc1ccc(-c2nc(NCc3ccc(Cl)cc3)n(C(=O)c3cccc(Cl)c3)n2)cc1. The molecule has 30 heavy (non-hydrogen) atoms. The molecule has 0 fully saturated rings. The van der Waals surface area contributed by atoms with Crippen molar-refractivity contribution in [1.29, 1.82) is 0 Å². The van der Waals surface area contributed by atoms with E-state index in [9.17, 15) is 4.79 Å². The molecule has 0 radical (unpaired) electrons. The first-order valence-electron chi connectivity index (χ1n) is 9.32. The molecule has 0 saturated heterocycles. The van der Waals surface area contributed by atoms with Crippen LogP contribution in [0.5, 0.6) is 0 Å². The van der Waals surface area contributed by atoms with E-state index in [2.05, 4.69) is 15.4 Å². The first-order chi connectivity index (χ1) is 14.5. The number of anilines is 1. The molecule has 7 heteroatoms. The monoisotopic (exact) mass is 436 g/mol. The zero-order chi connectivity index (χ0) is 21.1. The van der Waals surface area contributed by atoms with Crippen molar-refractivity contribution in [3.8, 4) is 11.4 Å². The fourth-order valence-corrected chi connectivity index (χ4v) is 3.24. The summed E-state index contributed by atoms with van der Waals surface area (Å²) in [4.78, 5) is 17.7. The molecule has 0 amide bonds. The first-order valence-corrected chi connectivity index (χ1v) is 10.1. The Balaban J connectivity index is 1.69. The number of aryl methyl sites for hydroxylation is 1. The topological polar surface area (TPSA) is 59.8 Å². The van der Waals surface area contributed by atoms with Crippen LogP contribution in [0, 0.1) is 6.92 Å². The highest BCUT2D eigenvalue weighted by atomic mass is 35.5. The fraction of sp³-hybridized carbons (Fsp3) is 0.0870. The van der Waals surface area contributed by atoms with Crippen molar-refractivity contribution in [2.45, 2.75) is 13.5 Å². The molecule has 0 aliphatic rings. The number of hydrogen-bond acceptors (Lipinski definition) is 4. The molecule has 4 aromatic rings. The second-order valence-corrected chi connectivity index (χ2v) is 7.71. The van der Waals surface area contributed by atoms with E-state index in [1.807, 2.05) is 55.5 Å². The Kier molecular flexibility index (Phi) is 5.84. The molecular formula is C23H18Cl2N4O. The third-order valence-corrected chi connectivity index (χ3v) is 5.03. The van der Waals surface area contributed by atoms with Gasteiger partial charge in [0.05, 0.1) is 0 Å². The van der Waals surface area contributed by atoms with Gasteiger partial charge in [-0.3, -0.25) is 4.79 Å². The maximum atomic E-state index is 13.1. The van der Waals surface area contributed by atoms with E-state index in [0.29, 0.717) is 33.9 Å². The fourth-order valence-electron chi connectivity index (χ4n) is 2.92. The van der Waals surface area contributed by atoms with Gasteiger partial charge >= 0.3 is 0 Å². The van der Waals surface area contributed by atoms with Crippen LogP contribution in [0.3, 0.4) is 0 Å². The second-order valence-electron chi connectivity index (χ2n) is 6.83. The van der Waals surface area contributed by atoms with E-state index < -0.39 is 0 Å². The summed E-state index contributed by atoms with van der Waals surface area (Å²) in [5.41, 5.74) is 3.39. The second kappa shape index (κ2) is 8.69. The van der Waals surface area contributed by atoms with Gasteiger partial charge in [0, 0.05) is 27.7 Å². The molecule has 1 N–H and O–H groups in total. The first kappa shape index (κ1) is 20.1. The quantitative estimate of drug-likeness (QED) is 0.425. The molecule has 1 heterocycles. The molecule has 1 aromatic heterocycles. The van der Waals surface area contributed by atoms with Gasteiger partial charge in [0.15, 0.2) is 5.82 Å². The Labute approximate surface area is 184 Å². The smallest absolute Gasteiger partial charge is 0.281 e. The molecule has 150 valence electrons. The van der Waals surface area contributed by atoms with Crippen LogP contribution in [0.4, 0.5) is 5.95 Å². The molecule has 5 nitrogen and oxygen atoms in total. The van der Waals surface area contributed by atoms with Crippen LogP contribution in [-0.4, -0.2) is 20.7 Å². The third-order valence-electron chi connectivity index (χ3n) is 4.54. The molecule has 0 spiro atoms. The number of carbonyl (C=O) groups excluding carboxylic acids is 1. The van der Waals surface area contributed by atoms with Crippen LogP contribution in [-0.2, 0) is 6.54 Å². The van der Waals surface area contributed by atoms with Gasteiger partial charge in [0.1, 0.15) is 0 Å². The summed E-state index contributed by atoms with van der Waals surface area (Å²) in [5.74, 6) is 0.497. The van der Waals surface area contributed by atoms with Crippen molar-refractivity contribution < 1.29 is 4.79 Å². The molecule has 0 aliphatic carbocycles. The van der Waals surface area contributed by atoms with Gasteiger partial charge in [0.2, 0.25) is 5.95 Å². The highest BCUT2D eigenvalue weighted by molar-refractivity contribution is 6.31. The summed E-state index contributed by atoms with van der Waals surface area (Å²) >= 11 is 12.0. The Morgan fingerprint density at radius 2 is 1.70 bits per heavy atom. The normalized spacial score (nSPS) is 10.8. The van der Waals surface area contributed by atoms with E-state index >= 15 is 0 Å². The van der Waals surface area contributed by atoms with Crippen molar-refractivity contribution >= 4 is 35.1 Å². The van der Waals surface area contributed by atoms with Crippen LogP contribution in [0.1, 0.15) is 21.5 Å². The highest BCUT2D eigenvalue weighted by Crippen LogP contribution is 2.21. The maximum absolute atomic E-state index is 13.1. The number of hydrogen-bond donors (Lipinski definition) is 1. The summed E-state index contributed by atoms with van der Waals surface area (Å²) in [6.45, 7) is 2.48. The summed E-state index contributed by atoms with van der Waals surface area (Å²) in [5, 5.41) is 8.83. The van der Waals surface area contributed by atoms with Gasteiger partial charge < -0.3 is 5.32 Å². The number of carbonyl (C=O) groups is 1. The minimum absolute atomic E-state index is 0.318. The van der Waals surface area contributed by atoms with Crippen molar-refractivity contribution in [3.63, 3.8) is 0 Å². The zero-order valence-corrected chi connectivity index (χ0v) is 17.7. The van der Waals surface area contributed by atoms with Crippen molar-refractivity contribution in [3.05, 3.63) is 99.5 Å². The average molecular weight is 437 g/mol. The number of aromatic nitrogens is 3. The van der Waals surface area contributed by atoms with Crippen molar-refractivity contribution in [2.75, 3.05) is 5.32 Å². The summed E-state index contributed by atoms with van der Waals surface area (Å²) < 4.78 is 1.27. The van der Waals surface area contributed by atoms with Crippen molar-refractivity contribution in [1.82, 2.24) is 14.8 Å². The lowest BCUT2D eigenvalue weighted by molar-refractivity contribution is 0.0947. The standard InChI is InChI=1S/C23H18Cl2N4O/c1-15-5-9-17(10-6-15)21-27-23(26-14-16-7-11-19(24)12-8-16)29(28-21)22(30)18-3-2-4-20(25)13-18/h2-13H,14H2,1H3,(H,26,27,28). The minimum Gasteiger partial charge on any atom is -0.350 e. The largest absolute Gasteiger partial charge is 0.350 e. The van der Waals surface area contributed by atoms with Gasteiger partial charge in [-0.2, -0.15) is 9.67 Å². The molecule has 0 saturated carbocycles.